The number of carbonyl (C=O) groups is 1. The molecule has 0 aliphatic rings. The summed E-state index contributed by atoms with van der Waals surface area (Å²) in [4.78, 5) is 15.5. The monoisotopic (exact) mass is 186 g/mol. The summed E-state index contributed by atoms with van der Waals surface area (Å²) < 4.78 is 0. The third kappa shape index (κ3) is 1.38. The molecular formula is C11H10N2O. The van der Waals surface area contributed by atoms with Gasteiger partial charge in [-0.15, -0.1) is 0 Å². The van der Waals surface area contributed by atoms with Crippen molar-refractivity contribution in [2.75, 3.05) is 6.54 Å². The molecule has 1 heterocycles. The fourth-order valence-corrected chi connectivity index (χ4v) is 1.47. The van der Waals surface area contributed by atoms with E-state index in [2.05, 4.69) is 4.98 Å². The molecule has 0 atom stereocenters. The van der Waals surface area contributed by atoms with Gasteiger partial charge in [0.25, 0.3) is 0 Å². The van der Waals surface area contributed by atoms with Gasteiger partial charge >= 0.3 is 0 Å². The van der Waals surface area contributed by atoms with Gasteiger partial charge in [0.05, 0.1) is 6.54 Å². The summed E-state index contributed by atoms with van der Waals surface area (Å²) in [6.45, 7) is 0.0357. The number of pyridine rings is 1. The van der Waals surface area contributed by atoms with Crippen molar-refractivity contribution in [3.8, 4) is 0 Å². The predicted molar refractivity (Wildman–Crippen MR) is 55.1 cm³/mol. The first kappa shape index (κ1) is 8.84. The van der Waals surface area contributed by atoms with Gasteiger partial charge in [0.1, 0.15) is 0 Å². The lowest BCUT2D eigenvalue weighted by atomic mass is 10.0. The number of rotatable bonds is 2. The maximum absolute atomic E-state index is 11.5. The number of nitrogens with two attached hydrogens (primary N) is 1. The van der Waals surface area contributed by atoms with Crippen LogP contribution < -0.4 is 5.73 Å². The largest absolute Gasteiger partial charge is 0.324 e. The van der Waals surface area contributed by atoms with Gasteiger partial charge in [-0.3, -0.25) is 9.78 Å². The molecule has 0 unspecified atom stereocenters. The van der Waals surface area contributed by atoms with E-state index in [9.17, 15) is 4.79 Å². The third-order valence-electron chi connectivity index (χ3n) is 2.17. The van der Waals surface area contributed by atoms with Crippen LogP contribution in [0.3, 0.4) is 0 Å². The number of ketones is 1. The Kier molecular flexibility index (Phi) is 2.24. The van der Waals surface area contributed by atoms with Crippen LogP contribution in [-0.4, -0.2) is 17.3 Å². The van der Waals surface area contributed by atoms with Gasteiger partial charge in [0.2, 0.25) is 0 Å². The minimum atomic E-state index is -0.0522. The summed E-state index contributed by atoms with van der Waals surface area (Å²) in [7, 11) is 0. The Hall–Kier alpha value is -1.74. The highest BCUT2D eigenvalue weighted by atomic mass is 16.1. The van der Waals surface area contributed by atoms with Crippen LogP contribution in [0.4, 0.5) is 0 Å². The second-order valence-corrected chi connectivity index (χ2v) is 3.03. The Morgan fingerprint density at radius 1 is 1.36 bits per heavy atom. The average Bonchev–Trinajstić information content (AvgIpc) is 2.27. The van der Waals surface area contributed by atoms with Gasteiger partial charge in [-0.25, -0.2) is 0 Å². The maximum Gasteiger partial charge on any atom is 0.177 e. The van der Waals surface area contributed by atoms with Crippen molar-refractivity contribution in [3.63, 3.8) is 0 Å². The SMILES string of the molecule is NCC(=O)c1cccc2ccncc12. The summed E-state index contributed by atoms with van der Waals surface area (Å²) in [6, 6.07) is 7.46. The van der Waals surface area contributed by atoms with E-state index in [1.807, 2.05) is 18.2 Å². The van der Waals surface area contributed by atoms with Crippen LogP contribution in [-0.2, 0) is 0 Å². The molecule has 0 saturated heterocycles. The smallest absolute Gasteiger partial charge is 0.177 e. The van der Waals surface area contributed by atoms with Crippen LogP contribution in [0.25, 0.3) is 10.8 Å². The standard InChI is InChI=1S/C11H10N2O/c12-6-11(14)9-3-1-2-8-4-5-13-7-10(8)9/h1-5,7H,6,12H2. The van der Waals surface area contributed by atoms with Crippen LogP contribution in [0.1, 0.15) is 10.4 Å². The molecule has 0 spiro atoms. The highest BCUT2D eigenvalue weighted by Crippen LogP contribution is 2.17. The van der Waals surface area contributed by atoms with Gasteiger partial charge in [-0.1, -0.05) is 18.2 Å². The third-order valence-corrected chi connectivity index (χ3v) is 2.17. The molecule has 1 aromatic carbocycles. The maximum atomic E-state index is 11.5. The first-order valence-electron chi connectivity index (χ1n) is 4.39. The summed E-state index contributed by atoms with van der Waals surface area (Å²) in [5.41, 5.74) is 5.98. The molecule has 2 N–H and O–H groups in total. The lowest BCUT2D eigenvalue weighted by molar-refractivity contribution is 0.100. The molecular weight excluding hydrogens is 176 g/mol. The quantitative estimate of drug-likeness (QED) is 0.721. The van der Waals surface area contributed by atoms with E-state index >= 15 is 0 Å². The second kappa shape index (κ2) is 3.55. The molecule has 0 fully saturated rings. The molecule has 0 bridgehead atoms. The number of hydrogen-bond donors (Lipinski definition) is 1. The van der Waals surface area contributed by atoms with Crippen molar-refractivity contribution in [1.29, 1.82) is 0 Å². The van der Waals surface area contributed by atoms with Crippen molar-refractivity contribution in [2.24, 2.45) is 5.73 Å². The highest BCUT2D eigenvalue weighted by molar-refractivity contribution is 6.08. The van der Waals surface area contributed by atoms with Gasteiger partial charge in [0.15, 0.2) is 5.78 Å². The number of hydrogen-bond acceptors (Lipinski definition) is 3. The Bertz CT molecular complexity index is 474. The molecule has 0 radical (unpaired) electrons. The summed E-state index contributed by atoms with van der Waals surface area (Å²) in [5.74, 6) is -0.0522. The normalized spacial score (nSPS) is 10.4. The van der Waals surface area contributed by atoms with E-state index in [4.69, 9.17) is 5.73 Å². The highest BCUT2D eigenvalue weighted by Gasteiger charge is 2.06. The van der Waals surface area contributed by atoms with Gasteiger partial charge < -0.3 is 5.73 Å². The minimum absolute atomic E-state index is 0.0357. The van der Waals surface area contributed by atoms with E-state index in [0.29, 0.717) is 5.56 Å². The van der Waals surface area contributed by atoms with Crippen molar-refractivity contribution in [2.45, 2.75) is 0 Å². The van der Waals surface area contributed by atoms with Crippen LogP contribution >= 0.6 is 0 Å². The van der Waals surface area contributed by atoms with E-state index in [0.717, 1.165) is 10.8 Å². The molecule has 2 rings (SSSR count). The second-order valence-electron chi connectivity index (χ2n) is 3.03. The van der Waals surface area contributed by atoms with E-state index in [1.165, 1.54) is 0 Å². The number of carbonyl (C=O) groups excluding carboxylic acids is 1. The van der Waals surface area contributed by atoms with Crippen LogP contribution in [0.15, 0.2) is 36.7 Å². The molecule has 2 aromatic rings. The zero-order valence-corrected chi connectivity index (χ0v) is 7.60. The first-order chi connectivity index (χ1) is 6.83. The van der Waals surface area contributed by atoms with Crippen molar-refractivity contribution < 1.29 is 4.79 Å². The molecule has 0 saturated carbocycles. The molecule has 70 valence electrons. The molecule has 14 heavy (non-hydrogen) atoms. The number of Topliss-reactive ketones (excluding diaryl/α,β-unsaturated/α-hetero) is 1. The van der Waals surface area contributed by atoms with E-state index in [-0.39, 0.29) is 12.3 Å². The van der Waals surface area contributed by atoms with Crippen LogP contribution in [0, 0.1) is 0 Å². The van der Waals surface area contributed by atoms with E-state index in [1.54, 1.807) is 18.5 Å². The Labute approximate surface area is 81.6 Å². The number of benzene rings is 1. The van der Waals surface area contributed by atoms with Gasteiger partial charge in [-0.05, 0) is 11.5 Å². The van der Waals surface area contributed by atoms with Crippen molar-refractivity contribution in [1.82, 2.24) is 4.98 Å². The molecule has 3 nitrogen and oxygen atoms in total. The number of nitrogens with zero attached hydrogens (tertiary/aromatic N) is 1. The van der Waals surface area contributed by atoms with Crippen LogP contribution in [0.5, 0.6) is 0 Å². The Morgan fingerprint density at radius 3 is 3.00 bits per heavy atom. The van der Waals surface area contributed by atoms with E-state index < -0.39 is 0 Å². The summed E-state index contributed by atoms with van der Waals surface area (Å²) in [6.07, 6.45) is 3.40. The molecule has 0 aliphatic heterocycles. The van der Waals surface area contributed by atoms with Crippen molar-refractivity contribution in [3.05, 3.63) is 42.2 Å². The van der Waals surface area contributed by atoms with Crippen LogP contribution in [0.2, 0.25) is 0 Å². The Morgan fingerprint density at radius 2 is 2.21 bits per heavy atom. The molecule has 0 amide bonds. The zero-order valence-electron chi connectivity index (χ0n) is 7.60. The topological polar surface area (TPSA) is 56.0 Å². The minimum Gasteiger partial charge on any atom is -0.324 e. The predicted octanol–water partition coefficient (Wildman–Crippen LogP) is 1.38. The fourth-order valence-electron chi connectivity index (χ4n) is 1.47. The first-order valence-corrected chi connectivity index (χ1v) is 4.39. The molecule has 0 aliphatic carbocycles. The molecule has 1 aromatic heterocycles. The number of fused-ring (bicyclic) bond motifs is 1. The lowest BCUT2D eigenvalue weighted by Crippen LogP contribution is -2.13. The lowest BCUT2D eigenvalue weighted by Gasteiger charge is -2.02. The zero-order chi connectivity index (χ0) is 9.97. The van der Waals surface area contributed by atoms with Gasteiger partial charge in [-0.2, -0.15) is 0 Å². The summed E-state index contributed by atoms with van der Waals surface area (Å²) in [5, 5.41) is 1.88. The average molecular weight is 186 g/mol. The summed E-state index contributed by atoms with van der Waals surface area (Å²) >= 11 is 0. The Balaban J connectivity index is 2.71. The fraction of sp³-hybridized carbons (Fsp3) is 0.0909. The van der Waals surface area contributed by atoms with Crippen molar-refractivity contribution >= 4 is 16.6 Å². The van der Waals surface area contributed by atoms with Gasteiger partial charge in [0, 0.05) is 23.3 Å². The molecule has 3 heteroatoms. The number of aromatic nitrogens is 1.